The van der Waals surface area contributed by atoms with E-state index in [0.29, 0.717) is 5.69 Å². The van der Waals surface area contributed by atoms with Gasteiger partial charge in [-0.15, -0.1) is 0 Å². The number of hydrogen-bond acceptors (Lipinski definition) is 6. The molecule has 0 fully saturated rings. The molecule has 2 aromatic carbocycles. The average Bonchev–Trinajstić information content (AvgIpc) is 2.75. The average molecular weight is 467 g/mol. The van der Waals surface area contributed by atoms with Crippen molar-refractivity contribution >= 4 is 21.9 Å². The Hall–Kier alpha value is -3.46. The van der Waals surface area contributed by atoms with Crippen LogP contribution in [0.15, 0.2) is 53.4 Å². The topological polar surface area (TPSA) is 110 Å². The van der Waals surface area contributed by atoms with Gasteiger partial charge in [0.25, 0.3) is 15.9 Å². The van der Waals surface area contributed by atoms with Crippen LogP contribution in [-0.4, -0.2) is 36.9 Å². The maximum atomic E-state index is 13.1. The molecule has 2 heterocycles. The summed E-state index contributed by atoms with van der Waals surface area (Å²) in [5.41, 5.74) is 3.65. The lowest BCUT2D eigenvalue weighted by atomic mass is 10.00. The number of anilines is 1. The first-order chi connectivity index (χ1) is 15.6. The summed E-state index contributed by atoms with van der Waals surface area (Å²) < 4.78 is 34.5. The third-order valence-electron chi connectivity index (χ3n) is 5.60. The first kappa shape index (κ1) is 22.7. The highest BCUT2D eigenvalue weighted by molar-refractivity contribution is 7.92. The van der Waals surface area contributed by atoms with Crippen molar-refractivity contribution in [3.8, 4) is 17.1 Å². The Morgan fingerprint density at radius 1 is 1.03 bits per heavy atom. The minimum Gasteiger partial charge on any atom is -0.475 e. The van der Waals surface area contributed by atoms with Crippen LogP contribution < -0.4 is 14.8 Å². The van der Waals surface area contributed by atoms with E-state index >= 15 is 0 Å². The normalized spacial score (nSPS) is 17.6. The summed E-state index contributed by atoms with van der Waals surface area (Å²) in [5, 5.41) is 2.94. The molecule has 0 saturated heterocycles. The molecule has 2 N–H and O–H groups in total. The summed E-state index contributed by atoms with van der Waals surface area (Å²) in [6, 6.07) is 13.1. The van der Waals surface area contributed by atoms with E-state index in [1.54, 1.807) is 12.1 Å². The number of sulfonamides is 1. The lowest BCUT2D eigenvalue weighted by Gasteiger charge is -2.22. The van der Waals surface area contributed by atoms with Crippen LogP contribution in [0.5, 0.6) is 5.88 Å². The molecule has 3 aromatic rings. The predicted octanol–water partition coefficient (Wildman–Crippen LogP) is 3.71. The molecule has 1 amide bonds. The Labute approximate surface area is 193 Å². The number of carbonyl (C=O) groups excluding carboxylic acids is 1. The van der Waals surface area contributed by atoms with Crippen molar-refractivity contribution in [2.45, 2.75) is 38.6 Å². The maximum Gasteiger partial charge on any atom is 0.264 e. The Morgan fingerprint density at radius 3 is 2.42 bits per heavy atom. The first-order valence-electron chi connectivity index (χ1n) is 10.7. The number of nitrogens with zero attached hydrogens (tertiary/aromatic N) is 2. The van der Waals surface area contributed by atoms with Crippen molar-refractivity contribution in [3.63, 3.8) is 0 Å². The molecule has 0 unspecified atom stereocenters. The highest BCUT2D eigenvalue weighted by Gasteiger charge is 2.24. The number of benzene rings is 2. The number of fused-ring (bicyclic) bond motifs is 4. The van der Waals surface area contributed by atoms with Crippen LogP contribution in [0.1, 0.15) is 35.3 Å². The third-order valence-corrected chi connectivity index (χ3v) is 6.93. The predicted molar refractivity (Wildman–Crippen MR) is 126 cm³/mol. The van der Waals surface area contributed by atoms with Crippen molar-refractivity contribution in [1.82, 2.24) is 15.3 Å². The van der Waals surface area contributed by atoms with E-state index in [2.05, 4.69) is 20.0 Å². The largest absolute Gasteiger partial charge is 0.475 e. The lowest BCUT2D eigenvalue weighted by Crippen LogP contribution is -2.42. The number of hydrogen-bond donors (Lipinski definition) is 2. The fourth-order valence-corrected chi connectivity index (χ4v) is 4.69. The van der Waals surface area contributed by atoms with E-state index in [9.17, 15) is 13.2 Å². The number of nitrogens with one attached hydrogen (secondary N) is 2. The number of carbonyl (C=O) groups is 1. The van der Waals surface area contributed by atoms with E-state index in [1.165, 1.54) is 18.2 Å². The van der Waals surface area contributed by atoms with Gasteiger partial charge in [-0.2, -0.15) is 4.98 Å². The quantitative estimate of drug-likeness (QED) is 0.596. The van der Waals surface area contributed by atoms with Crippen LogP contribution in [0.3, 0.4) is 0 Å². The van der Waals surface area contributed by atoms with E-state index in [1.807, 2.05) is 45.9 Å². The molecule has 8 nitrogen and oxygen atoms in total. The molecule has 1 aliphatic heterocycles. The summed E-state index contributed by atoms with van der Waals surface area (Å²) in [6.45, 7) is 8.05. The molecular formula is C24H26N4O4S. The van der Waals surface area contributed by atoms with E-state index in [-0.39, 0.29) is 46.8 Å². The molecule has 0 radical (unpaired) electrons. The van der Waals surface area contributed by atoms with Gasteiger partial charge >= 0.3 is 0 Å². The first-order valence-corrected chi connectivity index (χ1v) is 12.1. The molecule has 0 spiro atoms. The minimum absolute atomic E-state index is 0.0564. The molecule has 1 aliphatic rings. The van der Waals surface area contributed by atoms with Gasteiger partial charge in [-0.3, -0.25) is 4.79 Å². The molecule has 4 rings (SSSR count). The second kappa shape index (κ2) is 8.82. The van der Waals surface area contributed by atoms with Crippen LogP contribution in [0.2, 0.25) is 0 Å². The fourth-order valence-electron chi connectivity index (χ4n) is 3.70. The number of aromatic nitrogens is 2. The Bertz CT molecular complexity index is 1300. The number of rotatable bonds is 2. The van der Waals surface area contributed by atoms with Gasteiger partial charge in [0.1, 0.15) is 6.61 Å². The monoisotopic (exact) mass is 466 g/mol. The van der Waals surface area contributed by atoms with Crippen LogP contribution in [0.4, 0.5) is 5.95 Å². The van der Waals surface area contributed by atoms with Gasteiger partial charge in [0, 0.05) is 17.2 Å². The van der Waals surface area contributed by atoms with Crippen LogP contribution >= 0.6 is 0 Å². The van der Waals surface area contributed by atoms with Crippen molar-refractivity contribution in [2.75, 3.05) is 11.3 Å². The second-order valence-electron chi connectivity index (χ2n) is 8.45. The summed E-state index contributed by atoms with van der Waals surface area (Å²) in [4.78, 5) is 21.5. The Kier molecular flexibility index (Phi) is 6.07. The molecule has 1 aromatic heterocycles. The Balaban J connectivity index is 1.88. The summed E-state index contributed by atoms with van der Waals surface area (Å²) in [6.07, 6.45) is 0. The molecule has 0 saturated carbocycles. The molecule has 1 atom stereocenters. The zero-order chi connectivity index (χ0) is 23.8. The molecule has 0 aliphatic carbocycles. The molecular weight excluding hydrogens is 440 g/mol. The molecule has 9 heteroatoms. The number of ether oxygens (including phenoxy) is 1. The SMILES string of the molecule is Cc1cccc(C)c1-c1cc2nc(n1)NS(=O)(=O)c1cccc(c1)C(=O)N[C@H](C(C)C)CO2. The van der Waals surface area contributed by atoms with Gasteiger partial charge in [0.2, 0.25) is 11.8 Å². The summed E-state index contributed by atoms with van der Waals surface area (Å²) >= 11 is 0. The molecule has 172 valence electrons. The van der Waals surface area contributed by atoms with Crippen LogP contribution in [0.25, 0.3) is 11.3 Å². The minimum atomic E-state index is -4.04. The van der Waals surface area contributed by atoms with Crippen molar-refractivity contribution < 1.29 is 17.9 Å². The van der Waals surface area contributed by atoms with E-state index in [0.717, 1.165) is 16.7 Å². The fraction of sp³-hybridized carbons (Fsp3) is 0.292. The summed E-state index contributed by atoms with van der Waals surface area (Å²) in [5.74, 6) is -0.187. The highest BCUT2D eigenvalue weighted by atomic mass is 32.2. The van der Waals surface area contributed by atoms with Gasteiger partial charge < -0.3 is 10.1 Å². The van der Waals surface area contributed by atoms with Crippen molar-refractivity contribution in [1.29, 1.82) is 0 Å². The standard InChI is InChI=1S/C24H26N4O4S/c1-14(2)20-13-32-21-12-19(22-15(3)7-5-8-16(22)4)26-24(27-21)28-33(30,31)18-10-6-9-17(11-18)23(29)25-20/h5-12,14,20H,13H2,1-4H3,(H,25,29)(H,26,27,28)/t20-/m0/s1. The van der Waals surface area contributed by atoms with Gasteiger partial charge in [0.05, 0.1) is 16.6 Å². The van der Waals surface area contributed by atoms with Crippen LogP contribution in [0, 0.1) is 19.8 Å². The number of amides is 1. The smallest absolute Gasteiger partial charge is 0.264 e. The highest BCUT2D eigenvalue weighted by Crippen LogP contribution is 2.29. The lowest BCUT2D eigenvalue weighted by molar-refractivity contribution is 0.0902. The maximum absolute atomic E-state index is 13.1. The van der Waals surface area contributed by atoms with Crippen molar-refractivity contribution in [3.05, 3.63) is 65.2 Å². The van der Waals surface area contributed by atoms with E-state index < -0.39 is 10.0 Å². The summed E-state index contributed by atoms with van der Waals surface area (Å²) in [7, 11) is -4.04. The van der Waals surface area contributed by atoms with Crippen LogP contribution in [-0.2, 0) is 10.0 Å². The van der Waals surface area contributed by atoms with Gasteiger partial charge in [-0.05, 0) is 49.1 Å². The van der Waals surface area contributed by atoms with Gasteiger partial charge in [0.15, 0.2) is 0 Å². The zero-order valence-corrected chi connectivity index (χ0v) is 19.7. The van der Waals surface area contributed by atoms with E-state index in [4.69, 9.17) is 4.74 Å². The third kappa shape index (κ3) is 4.83. The second-order valence-corrected chi connectivity index (χ2v) is 10.1. The zero-order valence-electron chi connectivity index (χ0n) is 18.9. The molecule has 4 bridgehead atoms. The van der Waals surface area contributed by atoms with Gasteiger partial charge in [-0.25, -0.2) is 18.1 Å². The number of aryl methyl sites for hydroxylation is 2. The van der Waals surface area contributed by atoms with Gasteiger partial charge in [-0.1, -0.05) is 38.1 Å². The Morgan fingerprint density at radius 2 is 1.73 bits per heavy atom. The molecule has 33 heavy (non-hydrogen) atoms. The van der Waals surface area contributed by atoms with Crippen molar-refractivity contribution in [2.24, 2.45) is 5.92 Å².